The second-order valence-electron chi connectivity index (χ2n) is 4.20. The summed E-state index contributed by atoms with van der Waals surface area (Å²) in [5, 5.41) is 14.0. The molecule has 0 fully saturated rings. The summed E-state index contributed by atoms with van der Waals surface area (Å²) in [6.07, 6.45) is -4.00. The van der Waals surface area contributed by atoms with E-state index in [4.69, 9.17) is 22.5 Å². The third-order valence-electron chi connectivity index (χ3n) is 2.72. The minimum absolute atomic E-state index is 0.340. The lowest BCUT2D eigenvalue weighted by molar-refractivity contribution is -0.154. The van der Waals surface area contributed by atoms with Crippen molar-refractivity contribution in [3.63, 3.8) is 0 Å². The van der Waals surface area contributed by atoms with Gasteiger partial charge in [-0.15, -0.1) is 0 Å². The first-order valence-electron chi connectivity index (χ1n) is 5.84. The van der Waals surface area contributed by atoms with Crippen LogP contribution in [0.4, 0.5) is 13.2 Å². The molecule has 0 aliphatic carbocycles. The molecule has 4 nitrogen and oxygen atoms in total. The van der Waals surface area contributed by atoms with Crippen LogP contribution in [0.15, 0.2) is 29.4 Å². The predicted molar refractivity (Wildman–Crippen MR) is 71.0 cm³/mol. The molecule has 1 atom stereocenters. The molecule has 0 saturated carbocycles. The first kappa shape index (κ1) is 16.6. The van der Waals surface area contributed by atoms with Crippen LogP contribution in [0, 0.1) is 5.92 Å². The Morgan fingerprint density at radius 1 is 1.35 bits per heavy atom. The van der Waals surface area contributed by atoms with Crippen molar-refractivity contribution < 1.29 is 18.4 Å². The van der Waals surface area contributed by atoms with Gasteiger partial charge in [-0.1, -0.05) is 28.9 Å². The Morgan fingerprint density at radius 3 is 2.45 bits per heavy atom. The minimum Gasteiger partial charge on any atom is -0.409 e. The van der Waals surface area contributed by atoms with E-state index >= 15 is 0 Å². The molecular weight excluding hydrogens is 295 g/mol. The second kappa shape index (κ2) is 7.35. The van der Waals surface area contributed by atoms with Crippen molar-refractivity contribution in [1.82, 2.24) is 5.32 Å². The Bertz CT molecular complexity index is 448. The predicted octanol–water partition coefficient (Wildman–Crippen LogP) is 2.40. The van der Waals surface area contributed by atoms with Crippen LogP contribution in [0.1, 0.15) is 5.56 Å². The van der Waals surface area contributed by atoms with E-state index in [0.29, 0.717) is 18.0 Å². The van der Waals surface area contributed by atoms with E-state index in [2.05, 4.69) is 10.5 Å². The standard InChI is InChI=1S/C12H15ClF3N3O/c13-9-3-1-8(2-4-9)5-6-18-7-10(11(17)19-20)12(14,15)16/h1-4,10,18,20H,5-7H2,(H2,17,19). The summed E-state index contributed by atoms with van der Waals surface area (Å²) in [6, 6.07) is 7.03. The van der Waals surface area contributed by atoms with E-state index in [-0.39, 0.29) is 0 Å². The van der Waals surface area contributed by atoms with Gasteiger partial charge >= 0.3 is 6.18 Å². The lowest BCUT2D eigenvalue weighted by atomic mass is 10.1. The summed E-state index contributed by atoms with van der Waals surface area (Å²) >= 11 is 5.72. The molecule has 20 heavy (non-hydrogen) atoms. The largest absolute Gasteiger partial charge is 0.409 e. The molecule has 0 amide bonds. The lowest BCUT2D eigenvalue weighted by Gasteiger charge is -2.19. The van der Waals surface area contributed by atoms with Crippen LogP contribution >= 0.6 is 11.6 Å². The number of nitrogens with zero attached hydrogens (tertiary/aromatic N) is 1. The number of rotatable bonds is 6. The van der Waals surface area contributed by atoms with Gasteiger partial charge in [0.2, 0.25) is 0 Å². The highest BCUT2D eigenvalue weighted by Gasteiger charge is 2.42. The zero-order chi connectivity index (χ0) is 15.2. The molecule has 0 aromatic heterocycles. The van der Waals surface area contributed by atoms with Gasteiger partial charge in [0.25, 0.3) is 0 Å². The fourth-order valence-electron chi connectivity index (χ4n) is 1.59. The van der Waals surface area contributed by atoms with Crippen molar-refractivity contribution in [3.05, 3.63) is 34.9 Å². The highest BCUT2D eigenvalue weighted by molar-refractivity contribution is 6.30. The number of halogens is 4. The quantitative estimate of drug-likeness (QED) is 0.248. The van der Waals surface area contributed by atoms with Crippen molar-refractivity contribution in [1.29, 1.82) is 0 Å². The molecule has 1 unspecified atom stereocenters. The van der Waals surface area contributed by atoms with E-state index in [9.17, 15) is 13.2 Å². The van der Waals surface area contributed by atoms with Gasteiger partial charge in [0.1, 0.15) is 5.92 Å². The third-order valence-corrected chi connectivity index (χ3v) is 2.97. The average Bonchev–Trinajstić information content (AvgIpc) is 2.38. The van der Waals surface area contributed by atoms with Crippen LogP contribution < -0.4 is 11.1 Å². The van der Waals surface area contributed by atoms with Gasteiger partial charge in [-0.2, -0.15) is 13.2 Å². The van der Waals surface area contributed by atoms with Crippen LogP contribution in [0.3, 0.4) is 0 Å². The number of nitrogens with two attached hydrogens (primary N) is 1. The molecule has 112 valence electrons. The third kappa shape index (κ3) is 5.26. The molecule has 0 heterocycles. The Hall–Kier alpha value is -1.47. The number of oxime groups is 1. The van der Waals surface area contributed by atoms with Crippen molar-refractivity contribution in [2.24, 2.45) is 16.8 Å². The van der Waals surface area contributed by atoms with Gasteiger partial charge in [-0.25, -0.2) is 0 Å². The Labute approximate surface area is 119 Å². The second-order valence-corrected chi connectivity index (χ2v) is 4.64. The summed E-state index contributed by atoms with van der Waals surface area (Å²) in [6.45, 7) is -0.0973. The number of hydrogen-bond donors (Lipinski definition) is 3. The van der Waals surface area contributed by atoms with Crippen molar-refractivity contribution in [3.8, 4) is 0 Å². The molecule has 0 saturated heterocycles. The maximum Gasteiger partial charge on any atom is 0.400 e. The smallest absolute Gasteiger partial charge is 0.400 e. The molecule has 8 heteroatoms. The normalized spacial score (nSPS) is 14.3. The molecule has 0 bridgehead atoms. The number of amidine groups is 1. The first-order chi connectivity index (χ1) is 9.34. The van der Waals surface area contributed by atoms with E-state index in [0.717, 1.165) is 5.56 Å². The molecule has 1 rings (SSSR count). The average molecular weight is 310 g/mol. The van der Waals surface area contributed by atoms with Gasteiger partial charge in [-0.3, -0.25) is 0 Å². The van der Waals surface area contributed by atoms with E-state index in [1.54, 1.807) is 24.3 Å². The number of hydrogen-bond acceptors (Lipinski definition) is 3. The van der Waals surface area contributed by atoms with Gasteiger partial charge in [0.15, 0.2) is 5.84 Å². The monoisotopic (exact) mass is 309 g/mol. The lowest BCUT2D eigenvalue weighted by Crippen LogP contribution is -2.43. The van der Waals surface area contributed by atoms with Crippen molar-refractivity contribution >= 4 is 17.4 Å². The van der Waals surface area contributed by atoms with Crippen LogP contribution in [-0.2, 0) is 6.42 Å². The molecule has 0 spiro atoms. The number of nitrogens with one attached hydrogen (secondary N) is 1. The maximum absolute atomic E-state index is 12.6. The fourth-order valence-corrected chi connectivity index (χ4v) is 1.71. The maximum atomic E-state index is 12.6. The molecule has 4 N–H and O–H groups in total. The summed E-state index contributed by atoms with van der Waals surface area (Å²) in [5.41, 5.74) is 5.99. The molecule has 0 radical (unpaired) electrons. The van der Waals surface area contributed by atoms with Crippen LogP contribution in [0.25, 0.3) is 0 Å². The van der Waals surface area contributed by atoms with Crippen LogP contribution in [0.2, 0.25) is 5.02 Å². The van der Waals surface area contributed by atoms with Gasteiger partial charge < -0.3 is 16.3 Å². The van der Waals surface area contributed by atoms with E-state index in [1.165, 1.54) is 0 Å². The molecule has 0 aliphatic heterocycles. The van der Waals surface area contributed by atoms with Crippen molar-refractivity contribution in [2.75, 3.05) is 13.1 Å². The van der Waals surface area contributed by atoms with E-state index < -0.39 is 24.5 Å². The summed E-state index contributed by atoms with van der Waals surface area (Å²) < 4.78 is 37.9. The molecule has 1 aromatic rings. The molecule has 0 aliphatic rings. The first-order valence-corrected chi connectivity index (χ1v) is 6.21. The Kier molecular flexibility index (Phi) is 6.09. The van der Waals surface area contributed by atoms with Crippen LogP contribution in [-0.4, -0.2) is 30.3 Å². The Morgan fingerprint density at radius 2 is 1.95 bits per heavy atom. The van der Waals surface area contributed by atoms with E-state index in [1.807, 2.05) is 0 Å². The highest BCUT2D eigenvalue weighted by atomic mass is 35.5. The molecular formula is C12H15ClF3N3O. The zero-order valence-electron chi connectivity index (χ0n) is 10.5. The fraction of sp³-hybridized carbons (Fsp3) is 0.417. The minimum atomic E-state index is -4.55. The number of alkyl halides is 3. The van der Waals surface area contributed by atoms with Gasteiger partial charge in [0.05, 0.1) is 0 Å². The van der Waals surface area contributed by atoms with Gasteiger partial charge in [-0.05, 0) is 30.7 Å². The number of benzene rings is 1. The van der Waals surface area contributed by atoms with Crippen LogP contribution in [0.5, 0.6) is 0 Å². The van der Waals surface area contributed by atoms with Crippen molar-refractivity contribution in [2.45, 2.75) is 12.6 Å². The molecule has 1 aromatic carbocycles. The topological polar surface area (TPSA) is 70.6 Å². The summed E-state index contributed by atoms with van der Waals surface area (Å²) in [5.74, 6) is -2.85. The highest BCUT2D eigenvalue weighted by Crippen LogP contribution is 2.25. The summed E-state index contributed by atoms with van der Waals surface area (Å²) in [4.78, 5) is 0. The summed E-state index contributed by atoms with van der Waals surface area (Å²) in [7, 11) is 0. The Balaban J connectivity index is 2.43. The van der Waals surface area contributed by atoms with Gasteiger partial charge in [0, 0.05) is 11.6 Å². The SMILES string of the molecule is N/C(=N/O)C(CNCCc1ccc(Cl)cc1)C(F)(F)F. The zero-order valence-corrected chi connectivity index (χ0v) is 11.2.